The van der Waals surface area contributed by atoms with Crippen LogP contribution < -0.4 is 10.7 Å². The molecule has 0 radical (unpaired) electrons. The van der Waals surface area contributed by atoms with E-state index in [0.717, 1.165) is 12.1 Å². The van der Waals surface area contributed by atoms with Crippen LogP contribution in [0.25, 0.3) is 0 Å². The maximum absolute atomic E-state index is 12.6. The van der Waals surface area contributed by atoms with Gasteiger partial charge in [-0.15, -0.1) is 0 Å². The van der Waals surface area contributed by atoms with E-state index < -0.39 is 17.6 Å². The van der Waals surface area contributed by atoms with Gasteiger partial charge in [-0.1, -0.05) is 12.1 Å². The predicted molar refractivity (Wildman–Crippen MR) is 79.9 cm³/mol. The van der Waals surface area contributed by atoms with Crippen molar-refractivity contribution in [2.45, 2.75) is 6.18 Å². The highest BCUT2D eigenvalue weighted by atomic mass is 19.4. The van der Waals surface area contributed by atoms with Crippen molar-refractivity contribution in [1.82, 2.24) is 10.4 Å². The maximum Gasteiger partial charge on any atom is 0.416 e. The molecule has 2 N–H and O–H groups in total. The summed E-state index contributed by atoms with van der Waals surface area (Å²) in [4.78, 5) is 15.5. The Labute approximate surface area is 130 Å². The van der Waals surface area contributed by atoms with E-state index in [1.807, 2.05) is 0 Å². The zero-order valence-corrected chi connectivity index (χ0v) is 11.8. The lowest BCUT2D eigenvalue weighted by molar-refractivity contribution is -0.137. The zero-order valence-electron chi connectivity index (χ0n) is 11.8. The molecule has 5 nitrogen and oxygen atoms in total. The Morgan fingerprint density at radius 1 is 1.22 bits per heavy atom. The predicted octanol–water partition coefficient (Wildman–Crippen LogP) is 2.66. The van der Waals surface area contributed by atoms with Crippen molar-refractivity contribution in [3.63, 3.8) is 0 Å². The van der Waals surface area contributed by atoms with Gasteiger partial charge in [-0.05, 0) is 30.3 Å². The normalized spacial score (nSPS) is 11.4. The molecule has 1 amide bonds. The third-order valence-electron chi connectivity index (χ3n) is 2.72. The number of halogens is 3. The first-order valence-corrected chi connectivity index (χ1v) is 6.59. The number of hydrogen-bond donors (Lipinski definition) is 2. The molecular formula is C15H13F3N4O. The quantitative estimate of drug-likeness (QED) is 0.657. The number of aromatic nitrogens is 1. The number of pyridine rings is 1. The van der Waals surface area contributed by atoms with Crippen molar-refractivity contribution >= 4 is 17.8 Å². The Morgan fingerprint density at radius 3 is 2.74 bits per heavy atom. The van der Waals surface area contributed by atoms with E-state index in [9.17, 15) is 18.0 Å². The first kappa shape index (κ1) is 16.5. The van der Waals surface area contributed by atoms with Gasteiger partial charge in [-0.25, -0.2) is 5.43 Å². The summed E-state index contributed by atoms with van der Waals surface area (Å²) in [7, 11) is 0. The molecule has 0 atom stereocenters. The van der Waals surface area contributed by atoms with Gasteiger partial charge in [0.25, 0.3) is 5.91 Å². The standard InChI is InChI=1S/C15H13F3N4O/c16-15(17,18)11-4-3-6-12(8-11)20-10-14(23)22-21-9-13-5-1-2-7-19-13/h1-9,20H,10H2,(H,22,23)/b21-9-. The topological polar surface area (TPSA) is 66.4 Å². The number of alkyl halides is 3. The van der Waals surface area contributed by atoms with Gasteiger partial charge in [-0.3, -0.25) is 9.78 Å². The van der Waals surface area contributed by atoms with Gasteiger partial charge in [0.1, 0.15) is 0 Å². The lowest BCUT2D eigenvalue weighted by atomic mass is 10.2. The van der Waals surface area contributed by atoms with Gasteiger partial charge in [0.2, 0.25) is 0 Å². The second kappa shape index (κ2) is 7.39. The molecule has 1 aromatic heterocycles. The highest BCUT2D eigenvalue weighted by Gasteiger charge is 2.30. The summed E-state index contributed by atoms with van der Waals surface area (Å²) in [5, 5.41) is 6.31. The van der Waals surface area contributed by atoms with Crippen LogP contribution in [0.2, 0.25) is 0 Å². The molecule has 0 bridgehead atoms. The number of carbonyl (C=O) groups is 1. The molecule has 120 valence electrons. The molecule has 0 saturated heterocycles. The Hall–Kier alpha value is -2.90. The van der Waals surface area contributed by atoms with Crippen LogP contribution in [0.15, 0.2) is 53.8 Å². The summed E-state index contributed by atoms with van der Waals surface area (Å²) in [5.74, 6) is -0.491. The highest BCUT2D eigenvalue weighted by Crippen LogP contribution is 2.30. The summed E-state index contributed by atoms with van der Waals surface area (Å²) in [6.07, 6.45) is -1.48. The minimum atomic E-state index is -4.42. The summed E-state index contributed by atoms with van der Waals surface area (Å²) >= 11 is 0. The molecular weight excluding hydrogens is 309 g/mol. The number of nitrogens with one attached hydrogen (secondary N) is 2. The molecule has 23 heavy (non-hydrogen) atoms. The lowest BCUT2D eigenvalue weighted by Gasteiger charge is -2.09. The number of benzene rings is 1. The fourth-order valence-electron chi connectivity index (χ4n) is 1.65. The SMILES string of the molecule is O=C(CNc1cccc(C(F)(F)F)c1)N/N=C\c1ccccn1. The number of hydrazone groups is 1. The first-order valence-electron chi connectivity index (χ1n) is 6.59. The van der Waals surface area contributed by atoms with Crippen LogP contribution in [-0.4, -0.2) is 23.7 Å². The lowest BCUT2D eigenvalue weighted by Crippen LogP contribution is -2.26. The van der Waals surface area contributed by atoms with Crippen molar-refractivity contribution in [2.75, 3.05) is 11.9 Å². The molecule has 0 aliphatic heterocycles. The van der Waals surface area contributed by atoms with Crippen molar-refractivity contribution in [2.24, 2.45) is 5.10 Å². The summed E-state index contributed by atoms with van der Waals surface area (Å²) in [5.41, 5.74) is 2.24. The molecule has 0 aliphatic rings. The largest absolute Gasteiger partial charge is 0.416 e. The molecule has 2 rings (SSSR count). The van der Waals surface area contributed by atoms with Gasteiger partial charge in [0.15, 0.2) is 0 Å². The van der Waals surface area contributed by atoms with Gasteiger partial charge < -0.3 is 5.32 Å². The number of carbonyl (C=O) groups excluding carboxylic acids is 1. The van der Waals surface area contributed by atoms with Crippen LogP contribution in [0.5, 0.6) is 0 Å². The van der Waals surface area contributed by atoms with Gasteiger partial charge in [0, 0.05) is 11.9 Å². The molecule has 2 aromatic rings. The second-order valence-electron chi connectivity index (χ2n) is 4.48. The smallest absolute Gasteiger partial charge is 0.376 e. The number of rotatable bonds is 5. The van der Waals surface area contributed by atoms with E-state index >= 15 is 0 Å². The van der Waals surface area contributed by atoms with Crippen LogP contribution in [0.4, 0.5) is 18.9 Å². The van der Waals surface area contributed by atoms with E-state index in [4.69, 9.17) is 0 Å². The Kier molecular flexibility index (Phi) is 5.29. The minimum absolute atomic E-state index is 0.198. The summed E-state index contributed by atoms with van der Waals surface area (Å²) < 4.78 is 37.7. The third-order valence-corrected chi connectivity index (χ3v) is 2.72. The molecule has 0 aliphatic carbocycles. The third kappa shape index (κ3) is 5.42. The average Bonchev–Trinajstić information content (AvgIpc) is 2.53. The van der Waals surface area contributed by atoms with E-state index in [1.54, 1.807) is 24.4 Å². The van der Waals surface area contributed by atoms with Crippen LogP contribution in [0, 0.1) is 0 Å². The van der Waals surface area contributed by atoms with Gasteiger partial charge >= 0.3 is 6.18 Å². The first-order chi connectivity index (χ1) is 10.9. The molecule has 1 heterocycles. The molecule has 1 aromatic carbocycles. The van der Waals surface area contributed by atoms with Crippen LogP contribution in [-0.2, 0) is 11.0 Å². The van der Waals surface area contributed by atoms with Crippen molar-refractivity contribution in [1.29, 1.82) is 0 Å². The Bertz CT molecular complexity index is 687. The van der Waals surface area contributed by atoms with Crippen LogP contribution in [0.1, 0.15) is 11.3 Å². The number of nitrogens with zero attached hydrogens (tertiary/aromatic N) is 2. The zero-order chi connectivity index (χ0) is 16.7. The van der Waals surface area contributed by atoms with Crippen molar-refractivity contribution < 1.29 is 18.0 Å². The van der Waals surface area contributed by atoms with Crippen LogP contribution >= 0.6 is 0 Å². The second-order valence-corrected chi connectivity index (χ2v) is 4.48. The van der Waals surface area contributed by atoms with E-state index in [1.165, 1.54) is 18.3 Å². The fraction of sp³-hybridized carbons (Fsp3) is 0.133. The highest BCUT2D eigenvalue weighted by molar-refractivity contribution is 5.83. The minimum Gasteiger partial charge on any atom is -0.376 e. The van der Waals surface area contributed by atoms with Gasteiger partial charge in [-0.2, -0.15) is 18.3 Å². The number of amides is 1. The Morgan fingerprint density at radius 2 is 2.04 bits per heavy atom. The summed E-state index contributed by atoms with van der Waals surface area (Å²) in [6, 6.07) is 9.83. The van der Waals surface area contributed by atoms with E-state index in [-0.39, 0.29) is 12.2 Å². The van der Waals surface area contributed by atoms with Crippen molar-refractivity contribution in [3.05, 3.63) is 59.9 Å². The van der Waals surface area contributed by atoms with E-state index in [2.05, 4.69) is 20.8 Å². The Balaban J connectivity index is 1.84. The number of hydrogen-bond acceptors (Lipinski definition) is 4. The van der Waals surface area contributed by atoms with Crippen LogP contribution in [0.3, 0.4) is 0 Å². The molecule has 0 fully saturated rings. The summed E-state index contributed by atoms with van der Waals surface area (Å²) in [6.45, 7) is -0.207. The van der Waals surface area contributed by atoms with E-state index in [0.29, 0.717) is 5.69 Å². The molecule has 0 unspecified atom stereocenters. The molecule has 0 saturated carbocycles. The average molecular weight is 322 g/mol. The number of anilines is 1. The van der Waals surface area contributed by atoms with Gasteiger partial charge in [0.05, 0.1) is 24.0 Å². The molecule has 0 spiro atoms. The molecule has 8 heteroatoms. The monoisotopic (exact) mass is 322 g/mol. The van der Waals surface area contributed by atoms with Crippen molar-refractivity contribution in [3.8, 4) is 0 Å². The maximum atomic E-state index is 12.6. The fourth-order valence-corrected chi connectivity index (χ4v) is 1.65.